The third-order valence-electron chi connectivity index (χ3n) is 4.45. The average molecular weight is 354 g/mol. The molecule has 0 atom stereocenters. The van der Waals surface area contributed by atoms with Crippen molar-refractivity contribution in [3.8, 4) is 11.1 Å². The Morgan fingerprint density at radius 2 is 2.00 bits per heavy atom. The Morgan fingerprint density at radius 1 is 1.29 bits per heavy atom. The molecule has 1 aliphatic carbocycles. The molecule has 0 saturated heterocycles. The number of aliphatic hydroxyl groups is 1. The van der Waals surface area contributed by atoms with Crippen molar-refractivity contribution in [3.05, 3.63) is 35.5 Å². The second kappa shape index (κ2) is 6.62. The minimum atomic E-state index is -4.13. The normalized spacial score (nSPS) is 16.5. The maximum atomic E-state index is 14.2. The zero-order valence-electron chi connectivity index (χ0n) is 13.0. The molecule has 0 radical (unpaired) electrons. The topological polar surface area (TPSA) is 106 Å². The number of benzene rings is 1. The second-order valence-corrected chi connectivity index (χ2v) is 7.58. The summed E-state index contributed by atoms with van der Waals surface area (Å²) in [4.78, 5) is -0.563. The zero-order chi connectivity index (χ0) is 17.3. The largest absolute Gasteiger partial charge is 0.388 e. The molecule has 3 rings (SSSR count). The Labute approximate surface area is 139 Å². The summed E-state index contributed by atoms with van der Waals surface area (Å²) < 4.78 is 42.1. The van der Waals surface area contributed by atoms with E-state index in [0.29, 0.717) is 16.8 Å². The molecule has 0 unspecified atom stereocenters. The molecule has 1 aliphatic rings. The predicted octanol–water partition coefficient (Wildman–Crippen LogP) is 2.67. The first-order chi connectivity index (χ1) is 11.4. The lowest BCUT2D eigenvalue weighted by Crippen LogP contribution is -2.14. The number of aromatic nitrogens is 1. The van der Waals surface area contributed by atoms with Gasteiger partial charge in [0.1, 0.15) is 17.3 Å². The number of aliphatic hydroxyl groups excluding tert-OH is 1. The van der Waals surface area contributed by atoms with Crippen molar-refractivity contribution >= 4 is 10.0 Å². The molecule has 1 aromatic carbocycles. The van der Waals surface area contributed by atoms with Gasteiger partial charge in [-0.15, -0.1) is 0 Å². The molecule has 1 saturated carbocycles. The molecular weight excluding hydrogens is 335 g/mol. The highest BCUT2D eigenvalue weighted by Crippen LogP contribution is 2.39. The fourth-order valence-electron chi connectivity index (χ4n) is 3.30. The fourth-order valence-corrected chi connectivity index (χ4v) is 3.89. The van der Waals surface area contributed by atoms with Crippen LogP contribution >= 0.6 is 0 Å². The lowest BCUT2D eigenvalue weighted by Gasteiger charge is -2.20. The van der Waals surface area contributed by atoms with Gasteiger partial charge in [-0.25, -0.2) is 17.9 Å². The van der Waals surface area contributed by atoms with Crippen molar-refractivity contribution < 1.29 is 22.4 Å². The Kier molecular flexibility index (Phi) is 4.71. The van der Waals surface area contributed by atoms with E-state index in [0.717, 1.165) is 37.8 Å². The van der Waals surface area contributed by atoms with Gasteiger partial charge in [0.25, 0.3) is 0 Å². The molecule has 0 bridgehead atoms. The standard InChI is InChI=1S/C16H19FN2O4S/c17-12-8-11(6-7-14(12)24(18,21)22)15-13(9-20)23-19-16(15)10-4-2-1-3-5-10/h6-8,10,20H,1-5,9H2,(H2,18,21,22). The van der Waals surface area contributed by atoms with Gasteiger partial charge in [-0.3, -0.25) is 0 Å². The maximum absolute atomic E-state index is 14.2. The average Bonchev–Trinajstić information content (AvgIpc) is 2.98. The number of nitrogens with zero attached hydrogens (tertiary/aromatic N) is 1. The first-order valence-corrected chi connectivity index (χ1v) is 9.38. The van der Waals surface area contributed by atoms with Gasteiger partial charge in [-0.1, -0.05) is 30.5 Å². The van der Waals surface area contributed by atoms with Crippen molar-refractivity contribution in [1.29, 1.82) is 0 Å². The monoisotopic (exact) mass is 354 g/mol. The third-order valence-corrected chi connectivity index (χ3v) is 5.40. The van der Waals surface area contributed by atoms with E-state index in [1.807, 2.05) is 0 Å². The van der Waals surface area contributed by atoms with E-state index < -0.39 is 20.7 Å². The van der Waals surface area contributed by atoms with Crippen LogP contribution < -0.4 is 5.14 Å². The van der Waals surface area contributed by atoms with Crippen molar-refractivity contribution in [2.75, 3.05) is 0 Å². The van der Waals surface area contributed by atoms with E-state index in [4.69, 9.17) is 9.66 Å². The Bertz CT molecular complexity index is 842. The summed E-state index contributed by atoms with van der Waals surface area (Å²) in [6.07, 6.45) is 5.27. The van der Waals surface area contributed by atoms with Crippen LogP contribution in [0.15, 0.2) is 27.6 Å². The lowest BCUT2D eigenvalue weighted by atomic mass is 9.84. The summed E-state index contributed by atoms with van der Waals surface area (Å²) in [5.41, 5.74) is 1.66. The van der Waals surface area contributed by atoms with E-state index in [-0.39, 0.29) is 18.3 Å². The van der Waals surface area contributed by atoms with E-state index in [9.17, 15) is 17.9 Å². The molecule has 3 N–H and O–H groups in total. The minimum Gasteiger partial charge on any atom is -0.388 e. The van der Waals surface area contributed by atoms with Crippen LogP contribution in [0.3, 0.4) is 0 Å². The van der Waals surface area contributed by atoms with Gasteiger partial charge in [-0.05, 0) is 30.5 Å². The van der Waals surface area contributed by atoms with Crippen LogP contribution in [0.5, 0.6) is 0 Å². The molecule has 1 heterocycles. The Morgan fingerprint density at radius 3 is 2.58 bits per heavy atom. The van der Waals surface area contributed by atoms with Crippen LogP contribution in [-0.2, 0) is 16.6 Å². The Balaban J connectivity index is 2.08. The van der Waals surface area contributed by atoms with Crippen LogP contribution in [-0.4, -0.2) is 18.7 Å². The lowest BCUT2D eigenvalue weighted by molar-refractivity contribution is 0.228. The van der Waals surface area contributed by atoms with Gasteiger partial charge in [0.05, 0.1) is 11.3 Å². The van der Waals surface area contributed by atoms with Crippen molar-refractivity contribution in [1.82, 2.24) is 5.16 Å². The van der Waals surface area contributed by atoms with Crippen LogP contribution in [0.2, 0.25) is 0 Å². The molecule has 0 amide bonds. The summed E-state index contributed by atoms with van der Waals surface area (Å²) in [6.45, 7) is -0.367. The molecule has 1 fully saturated rings. The molecule has 0 spiro atoms. The Hall–Kier alpha value is -1.77. The van der Waals surface area contributed by atoms with Gasteiger partial charge in [0.2, 0.25) is 10.0 Å². The van der Waals surface area contributed by atoms with E-state index in [2.05, 4.69) is 5.16 Å². The van der Waals surface area contributed by atoms with E-state index in [1.165, 1.54) is 12.5 Å². The van der Waals surface area contributed by atoms with E-state index in [1.54, 1.807) is 0 Å². The molecule has 24 heavy (non-hydrogen) atoms. The van der Waals surface area contributed by atoms with E-state index >= 15 is 0 Å². The molecule has 8 heteroatoms. The summed E-state index contributed by atoms with van der Waals surface area (Å²) in [5, 5.41) is 18.6. The van der Waals surface area contributed by atoms with Crippen LogP contribution in [0.25, 0.3) is 11.1 Å². The number of hydrogen-bond acceptors (Lipinski definition) is 5. The molecule has 1 aromatic heterocycles. The zero-order valence-corrected chi connectivity index (χ0v) is 13.9. The highest BCUT2D eigenvalue weighted by molar-refractivity contribution is 7.89. The van der Waals surface area contributed by atoms with Crippen LogP contribution in [0.1, 0.15) is 49.5 Å². The third kappa shape index (κ3) is 3.22. The van der Waals surface area contributed by atoms with Crippen molar-refractivity contribution in [2.24, 2.45) is 5.14 Å². The van der Waals surface area contributed by atoms with Gasteiger partial charge in [0.15, 0.2) is 5.76 Å². The summed E-state index contributed by atoms with van der Waals surface area (Å²) in [7, 11) is -4.13. The smallest absolute Gasteiger partial charge is 0.240 e. The quantitative estimate of drug-likeness (QED) is 0.878. The number of rotatable bonds is 4. The maximum Gasteiger partial charge on any atom is 0.240 e. The predicted molar refractivity (Wildman–Crippen MR) is 85.0 cm³/mol. The second-order valence-electron chi connectivity index (χ2n) is 6.05. The van der Waals surface area contributed by atoms with Gasteiger partial charge in [0, 0.05) is 5.92 Å². The molecular formula is C16H19FN2O4S. The fraction of sp³-hybridized carbons (Fsp3) is 0.438. The highest BCUT2D eigenvalue weighted by Gasteiger charge is 2.27. The first kappa shape index (κ1) is 17.1. The molecule has 2 aromatic rings. The SMILES string of the molecule is NS(=O)(=O)c1ccc(-c2c(C3CCCCC3)noc2CO)cc1F. The van der Waals surface area contributed by atoms with Crippen LogP contribution in [0.4, 0.5) is 4.39 Å². The van der Waals surface area contributed by atoms with Gasteiger partial charge >= 0.3 is 0 Å². The molecule has 6 nitrogen and oxygen atoms in total. The van der Waals surface area contributed by atoms with Crippen LogP contribution in [0, 0.1) is 5.82 Å². The number of primary sulfonamides is 1. The molecule has 0 aliphatic heterocycles. The van der Waals surface area contributed by atoms with Gasteiger partial charge in [-0.2, -0.15) is 0 Å². The number of hydrogen-bond donors (Lipinski definition) is 2. The summed E-state index contributed by atoms with van der Waals surface area (Å²) in [6, 6.07) is 3.68. The summed E-state index contributed by atoms with van der Waals surface area (Å²) >= 11 is 0. The number of nitrogens with two attached hydrogens (primary N) is 1. The first-order valence-electron chi connectivity index (χ1n) is 7.84. The number of sulfonamides is 1. The molecule has 130 valence electrons. The van der Waals surface area contributed by atoms with Gasteiger partial charge < -0.3 is 9.63 Å². The minimum absolute atomic E-state index is 0.193. The highest BCUT2D eigenvalue weighted by atomic mass is 32.2. The van der Waals surface area contributed by atoms with Crippen molar-refractivity contribution in [2.45, 2.75) is 49.5 Å². The summed E-state index contributed by atoms with van der Waals surface area (Å²) in [5.74, 6) is -0.494. The van der Waals surface area contributed by atoms with Crippen molar-refractivity contribution in [3.63, 3.8) is 0 Å². The number of halogens is 1.